The number of carbonyl (C=O) groups excluding carboxylic acids is 2. The van der Waals surface area contributed by atoms with Crippen molar-refractivity contribution in [1.29, 1.82) is 0 Å². The van der Waals surface area contributed by atoms with Gasteiger partial charge >= 0.3 is 0 Å². The van der Waals surface area contributed by atoms with E-state index in [1.54, 1.807) is 0 Å². The summed E-state index contributed by atoms with van der Waals surface area (Å²) in [7, 11) is 0. The average Bonchev–Trinajstić information content (AvgIpc) is 2.84. The van der Waals surface area contributed by atoms with Crippen molar-refractivity contribution in [3.63, 3.8) is 0 Å². The molecule has 1 N–H and O–H groups in total. The van der Waals surface area contributed by atoms with Gasteiger partial charge in [0.25, 0.3) is 0 Å². The normalized spacial score (nSPS) is 26.7. The van der Waals surface area contributed by atoms with Gasteiger partial charge in [0.1, 0.15) is 0 Å². The van der Waals surface area contributed by atoms with Crippen LogP contribution in [0.3, 0.4) is 0 Å². The molecule has 1 unspecified atom stereocenters. The number of likely N-dealkylation sites (tertiary alicyclic amines) is 1. The molecule has 130 valence electrons. The maximum atomic E-state index is 13.2. The van der Waals surface area contributed by atoms with Gasteiger partial charge in [0, 0.05) is 25.0 Å². The molecule has 2 saturated carbocycles. The van der Waals surface area contributed by atoms with Gasteiger partial charge < -0.3 is 10.2 Å². The minimum Gasteiger partial charge on any atom is -0.354 e. The van der Waals surface area contributed by atoms with E-state index in [1.807, 2.05) is 13.8 Å². The molecule has 0 radical (unpaired) electrons. The van der Waals surface area contributed by atoms with Crippen molar-refractivity contribution in [1.82, 2.24) is 10.2 Å². The summed E-state index contributed by atoms with van der Waals surface area (Å²) in [5.41, 5.74) is -0.405. The Labute approximate surface area is 140 Å². The van der Waals surface area contributed by atoms with E-state index >= 15 is 0 Å². The number of nitrogens with one attached hydrogen (secondary N) is 1. The summed E-state index contributed by atoms with van der Waals surface area (Å²) in [6.07, 6.45) is 10.8. The summed E-state index contributed by atoms with van der Waals surface area (Å²) in [6, 6.07) is 0.602. The molecule has 0 bridgehead atoms. The number of hydrogen-bond donors (Lipinski definition) is 1. The van der Waals surface area contributed by atoms with E-state index in [-0.39, 0.29) is 17.9 Å². The third-order valence-electron chi connectivity index (χ3n) is 6.20. The highest BCUT2D eigenvalue weighted by atomic mass is 16.2. The SMILES string of the molecule is CC(C)NC(=O)CC1(C(=O)N2CCC2CC2CCC2)CCCC1. The third-order valence-corrected chi connectivity index (χ3v) is 6.20. The van der Waals surface area contributed by atoms with E-state index in [0.717, 1.165) is 44.6 Å². The lowest BCUT2D eigenvalue weighted by molar-refractivity contribution is -0.153. The first-order valence-corrected chi connectivity index (χ1v) is 9.61. The van der Waals surface area contributed by atoms with Gasteiger partial charge in [-0.2, -0.15) is 0 Å². The zero-order valence-electron chi connectivity index (χ0n) is 14.8. The molecule has 3 rings (SSSR count). The van der Waals surface area contributed by atoms with Crippen molar-refractivity contribution < 1.29 is 9.59 Å². The van der Waals surface area contributed by atoms with Crippen LogP contribution in [0.1, 0.15) is 78.1 Å². The first-order chi connectivity index (χ1) is 11.0. The molecule has 0 aromatic heterocycles. The molecule has 2 amide bonds. The standard InChI is InChI=1S/C19H32N2O2/c1-14(2)20-17(22)13-19(9-3-4-10-19)18(23)21-11-8-16(21)12-15-6-5-7-15/h14-16H,3-13H2,1-2H3,(H,20,22). The molecule has 2 aliphatic carbocycles. The Hall–Kier alpha value is -1.06. The molecular weight excluding hydrogens is 288 g/mol. The van der Waals surface area contributed by atoms with E-state index in [2.05, 4.69) is 10.2 Å². The summed E-state index contributed by atoms with van der Waals surface area (Å²) in [6.45, 7) is 4.86. The van der Waals surface area contributed by atoms with Crippen LogP contribution in [0, 0.1) is 11.3 Å². The van der Waals surface area contributed by atoms with E-state index in [9.17, 15) is 9.59 Å². The predicted molar refractivity (Wildman–Crippen MR) is 90.9 cm³/mol. The van der Waals surface area contributed by atoms with E-state index < -0.39 is 5.41 Å². The lowest BCUT2D eigenvalue weighted by Gasteiger charge is -2.47. The molecule has 23 heavy (non-hydrogen) atoms. The van der Waals surface area contributed by atoms with Crippen LogP contribution in [0.5, 0.6) is 0 Å². The van der Waals surface area contributed by atoms with Gasteiger partial charge in [0.2, 0.25) is 11.8 Å². The molecule has 1 saturated heterocycles. The molecule has 0 aromatic rings. The van der Waals surface area contributed by atoms with Crippen LogP contribution in [-0.4, -0.2) is 35.3 Å². The highest BCUT2D eigenvalue weighted by molar-refractivity contribution is 5.90. The molecule has 3 fully saturated rings. The van der Waals surface area contributed by atoms with Crippen LogP contribution in [0.15, 0.2) is 0 Å². The first kappa shape index (κ1) is 16.8. The quantitative estimate of drug-likeness (QED) is 0.816. The largest absolute Gasteiger partial charge is 0.354 e. The second-order valence-corrected chi connectivity index (χ2v) is 8.36. The van der Waals surface area contributed by atoms with E-state index in [4.69, 9.17) is 0 Å². The fourth-order valence-electron chi connectivity index (χ4n) is 4.57. The van der Waals surface area contributed by atoms with Gasteiger partial charge in [-0.05, 0) is 45.4 Å². The van der Waals surface area contributed by atoms with Crippen molar-refractivity contribution in [3.8, 4) is 0 Å². The smallest absolute Gasteiger partial charge is 0.229 e. The molecule has 1 heterocycles. The van der Waals surface area contributed by atoms with Gasteiger partial charge in [-0.15, -0.1) is 0 Å². The fourth-order valence-corrected chi connectivity index (χ4v) is 4.57. The maximum Gasteiger partial charge on any atom is 0.229 e. The molecule has 4 nitrogen and oxygen atoms in total. The Balaban J connectivity index is 1.62. The number of hydrogen-bond acceptors (Lipinski definition) is 2. The Kier molecular flexibility index (Phi) is 4.98. The minimum absolute atomic E-state index is 0.0475. The summed E-state index contributed by atoms with van der Waals surface area (Å²) in [5, 5.41) is 2.98. The van der Waals surface area contributed by atoms with Gasteiger partial charge in [-0.1, -0.05) is 32.1 Å². The number of carbonyl (C=O) groups is 2. The Morgan fingerprint density at radius 3 is 2.30 bits per heavy atom. The summed E-state index contributed by atoms with van der Waals surface area (Å²) < 4.78 is 0. The number of rotatable bonds is 6. The fraction of sp³-hybridized carbons (Fsp3) is 0.895. The van der Waals surface area contributed by atoms with Crippen LogP contribution in [-0.2, 0) is 9.59 Å². The summed E-state index contributed by atoms with van der Waals surface area (Å²) in [5.74, 6) is 1.18. The molecule has 1 atom stereocenters. The van der Waals surface area contributed by atoms with Crippen LogP contribution in [0.4, 0.5) is 0 Å². The highest BCUT2D eigenvalue weighted by Crippen LogP contribution is 2.45. The molecule has 0 spiro atoms. The average molecular weight is 320 g/mol. The molecule has 3 aliphatic rings. The van der Waals surface area contributed by atoms with Crippen molar-refractivity contribution >= 4 is 11.8 Å². The van der Waals surface area contributed by atoms with E-state index in [1.165, 1.54) is 25.7 Å². The van der Waals surface area contributed by atoms with Crippen molar-refractivity contribution in [2.45, 2.75) is 90.1 Å². The predicted octanol–water partition coefficient (Wildman–Crippen LogP) is 3.25. The highest BCUT2D eigenvalue weighted by Gasteiger charge is 2.48. The molecule has 4 heteroatoms. The van der Waals surface area contributed by atoms with Gasteiger partial charge in [0.15, 0.2) is 0 Å². The second-order valence-electron chi connectivity index (χ2n) is 8.36. The minimum atomic E-state index is -0.405. The molecule has 1 aliphatic heterocycles. The Bertz CT molecular complexity index is 450. The van der Waals surface area contributed by atoms with Crippen molar-refractivity contribution in [2.75, 3.05) is 6.54 Å². The van der Waals surface area contributed by atoms with Gasteiger partial charge in [-0.3, -0.25) is 9.59 Å². The summed E-state index contributed by atoms with van der Waals surface area (Å²) in [4.78, 5) is 27.6. The Morgan fingerprint density at radius 1 is 1.13 bits per heavy atom. The van der Waals surface area contributed by atoms with Gasteiger partial charge in [-0.25, -0.2) is 0 Å². The zero-order chi connectivity index (χ0) is 16.4. The second kappa shape index (κ2) is 6.82. The zero-order valence-corrected chi connectivity index (χ0v) is 14.8. The molecule has 0 aromatic carbocycles. The van der Waals surface area contributed by atoms with Crippen molar-refractivity contribution in [3.05, 3.63) is 0 Å². The maximum absolute atomic E-state index is 13.2. The summed E-state index contributed by atoms with van der Waals surface area (Å²) >= 11 is 0. The van der Waals surface area contributed by atoms with Crippen LogP contribution in [0.25, 0.3) is 0 Å². The Morgan fingerprint density at radius 2 is 1.83 bits per heavy atom. The van der Waals surface area contributed by atoms with Crippen LogP contribution in [0.2, 0.25) is 0 Å². The lowest BCUT2D eigenvalue weighted by Crippen LogP contribution is -2.57. The first-order valence-electron chi connectivity index (χ1n) is 9.61. The van der Waals surface area contributed by atoms with Gasteiger partial charge in [0.05, 0.1) is 5.41 Å². The number of amides is 2. The van der Waals surface area contributed by atoms with Crippen LogP contribution >= 0.6 is 0 Å². The monoisotopic (exact) mass is 320 g/mol. The van der Waals surface area contributed by atoms with E-state index in [0.29, 0.717) is 12.5 Å². The number of nitrogens with zero attached hydrogens (tertiary/aromatic N) is 1. The third kappa shape index (κ3) is 3.56. The molecular formula is C19H32N2O2. The van der Waals surface area contributed by atoms with Crippen molar-refractivity contribution in [2.24, 2.45) is 11.3 Å². The lowest BCUT2D eigenvalue weighted by atomic mass is 9.75. The van der Waals surface area contributed by atoms with Crippen LogP contribution < -0.4 is 5.32 Å². The topological polar surface area (TPSA) is 49.4 Å².